The van der Waals surface area contributed by atoms with Crippen molar-refractivity contribution < 1.29 is 9.53 Å². The number of nitrogens with zero attached hydrogens (tertiary/aromatic N) is 4. The van der Waals surface area contributed by atoms with E-state index in [9.17, 15) is 4.79 Å². The van der Waals surface area contributed by atoms with Crippen LogP contribution in [-0.2, 0) is 9.53 Å². The third kappa shape index (κ3) is 5.05. The lowest BCUT2D eigenvalue weighted by Crippen LogP contribution is -2.44. The van der Waals surface area contributed by atoms with E-state index in [-0.39, 0.29) is 11.4 Å². The minimum absolute atomic E-state index is 0.0777. The van der Waals surface area contributed by atoms with Crippen molar-refractivity contribution in [2.75, 3.05) is 49.7 Å². The monoisotopic (exact) mass is 536 g/mol. The highest BCUT2D eigenvalue weighted by molar-refractivity contribution is 8.18. The van der Waals surface area contributed by atoms with Crippen molar-refractivity contribution in [2.24, 2.45) is 4.99 Å². The second-order valence-corrected chi connectivity index (χ2v) is 11.5. The summed E-state index contributed by atoms with van der Waals surface area (Å²) in [5, 5.41) is 1.29. The number of allylic oxidation sites excluding steroid dienone is 1. The number of likely N-dealkylation sites (N-methyl/N-ethyl adjacent to an activating group) is 2. The molecule has 0 radical (unpaired) electrons. The lowest BCUT2D eigenvalue weighted by atomic mass is 9.88. The first-order valence-electron chi connectivity index (χ1n) is 12.7. The number of morpholine rings is 1. The van der Waals surface area contributed by atoms with Crippen LogP contribution < -0.4 is 9.80 Å². The van der Waals surface area contributed by atoms with E-state index in [1.165, 1.54) is 17.3 Å². The average Bonchev–Trinajstić information content (AvgIpc) is 3.13. The summed E-state index contributed by atoms with van der Waals surface area (Å²) in [7, 11) is 1.76. The first-order chi connectivity index (χ1) is 17.7. The standard InChI is InChI=1S/C29H33ClN4O2S/c1-6-34-25-17-24(30)20(15-23(25)19(2)18-29(34,3)4)16-26-27(35)32(5)28(37-26)31-21-7-9-22(10-8-21)33-11-13-36-14-12-33/h7-10,15-18H,6,11-14H2,1-5H3/b26-16+,31-28?. The Morgan fingerprint density at radius 1 is 1.16 bits per heavy atom. The highest BCUT2D eigenvalue weighted by Gasteiger charge is 2.33. The zero-order valence-electron chi connectivity index (χ0n) is 22.0. The molecule has 5 rings (SSSR count). The van der Waals surface area contributed by atoms with Gasteiger partial charge in [0.25, 0.3) is 5.91 Å². The van der Waals surface area contributed by atoms with Crippen molar-refractivity contribution in [1.29, 1.82) is 0 Å². The maximum atomic E-state index is 13.1. The minimum Gasteiger partial charge on any atom is -0.378 e. The van der Waals surface area contributed by atoms with Gasteiger partial charge in [0.1, 0.15) is 0 Å². The summed E-state index contributed by atoms with van der Waals surface area (Å²) in [5.41, 5.74) is 6.22. The van der Waals surface area contributed by atoms with E-state index < -0.39 is 0 Å². The van der Waals surface area contributed by atoms with Crippen molar-refractivity contribution in [1.82, 2.24) is 4.90 Å². The van der Waals surface area contributed by atoms with Gasteiger partial charge in [0, 0.05) is 48.6 Å². The highest BCUT2D eigenvalue weighted by Crippen LogP contribution is 2.42. The minimum atomic E-state index is -0.0825. The number of amides is 1. The molecule has 3 heterocycles. The Hall–Kier alpha value is -2.74. The smallest absolute Gasteiger partial charge is 0.266 e. The number of thioether (sulfide) groups is 1. The Balaban J connectivity index is 1.41. The molecule has 2 aromatic carbocycles. The summed E-state index contributed by atoms with van der Waals surface area (Å²) in [4.78, 5) is 24.7. The second-order valence-electron chi connectivity index (χ2n) is 10.1. The Kier molecular flexibility index (Phi) is 7.14. The van der Waals surface area contributed by atoms with Gasteiger partial charge in [-0.25, -0.2) is 4.99 Å². The van der Waals surface area contributed by atoms with Crippen LogP contribution in [0.1, 0.15) is 38.8 Å². The summed E-state index contributed by atoms with van der Waals surface area (Å²) in [6.07, 6.45) is 4.18. The summed E-state index contributed by atoms with van der Waals surface area (Å²) in [6.45, 7) is 12.9. The molecule has 0 spiro atoms. The van der Waals surface area contributed by atoms with Crippen LogP contribution in [0.3, 0.4) is 0 Å². The Morgan fingerprint density at radius 3 is 2.54 bits per heavy atom. The fourth-order valence-corrected chi connectivity index (χ4v) is 6.46. The number of benzene rings is 2. The molecule has 3 aliphatic rings. The van der Waals surface area contributed by atoms with E-state index >= 15 is 0 Å². The van der Waals surface area contributed by atoms with Crippen LogP contribution in [0, 0.1) is 0 Å². The number of amidine groups is 1. The van der Waals surface area contributed by atoms with Gasteiger partial charge in [0.05, 0.1) is 29.3 Å². The topological polar surface area (TPSA) is 48.4 Å². The Bertz CT molecular complexity index is 1310. The van der Waals surface area contributed by atoms with Gasteiger partial charge in [-0.2, -0.15) is 0 Å². The molecule has 37 heavy (non-hydrogen) atoms. The van der Waals surface area contributed by atoms with Gasteiger partial charge < -0.3 is 14.5 Å². The zero-order valence-corrected chi connectivity index (χ0v) is 23.6. The van der Waals surface area contributed by atoms with Crippen molar-refractivity contribution in [3.8, 4) is 0 Å². The molecular formula is C29H33ClN4O2S. The van der Waals surface area contributed by atoms with Crippen LogP contribution in [0.2, 0.25) is 5.02 Å². The fraction of sp³-hybridized carbons (Fsp3) is 0.379. The predicted molar refractivity (Wildman–Crippen MR) is 157 cm³/mol. The fourth-order valence-electron chi connectivity index (χ4n) is 5.27. The number of hydrogen-bond acceptors (Lipinski definition) is 6. The summed E-state index contributed by atoms with van der Waals surface area (Å²) >= 11 is 8.14. The predicted octanol–water partition coefficient (Wildman–Crippen LogP) is 6.43. The van der Waals surface area contributed by atoms with E-state index in [1.54, 1.807) is 11.9 Å². The van der Waals surface area contributed by atoms with Crippen LogP contribution in [0.25, 0.3) is 11.6 Å². The first kappa shape index (κ1) is 25.9. The van der Waals surface area contributed by atoms with Crippen molar-refractivity contribution in [3.63, 3.8) is 0 Å². The van der Waals surface area contributed by atoms with Gasteiger partial charge in [-0.05, 0) is 93.1 Å². The van der Waals surface area contributed by atoms with Crippen LogP contribution in [0.5, 0.6) is 0 Å². The van der Waals surface area contributed by atoms with Crippen LogP contribution in [-0.4, -0.2) is 61.4 Å². The number of aliphatic imine (C=N–C) groups is 1. The van der Waals surface area contributed by atoms with Gasteiger partial charge in [0.15, 0.2) is 5.17 Å². The van der Waals surface area contributed by atoms with E-state index in [4.69, 9.17) is 21.3 Å². The van der Waals surface area contributed by atoms with Crippen LogP contribution in [0.15, 0.2) is 52.4 Å². The van der Waals surface area contributed by atoms with E-state index in [1.807, 2.05) is 24.3 Å². The number of anilines is 2. The Morgan fingerprint density at radius 2 is 1.86 bits per heavy atom. The van der Waals surface area contributed by atoms with Gasteiger partial charge in [0.2, 0.25) is 0 Å². The normalized spacial score (nSPS) is 21.6. The highest BCUT2D eigenvalue weighted by atomic mass is 35.5. The van der Waals surface area contributed by atoms with E-state index in [0.717, 1.165) is 61.0 Å². The number of carbonyl (C=O) groups is 1. The lowest BCUT2D eigenvalue weighted by Gasteiger charge is -2.43. The number of hydrogen-bond donors (Lipinski definition) is 0. The largest absolute Gasteiger partial charge is 0.378 e. The molecule has 0 atom stereocenters. The SMILES string of the molecule is CCN1c2cc(Cl)c(/C=C3/SC(=Nc4ccc(N5CCOCC5)cc4)N(C)C3=O)cc2C(C)=CC1(C)C. The van der Waals surface area contributed by atoms with Gasteiger partial charge in [-0.3, -0.25) is 9.69 Å². The van der Waals surface area contributed by atoms with Crippen molar-refractivity contribution in [3.05, 3.63) is 63.5 Å². The lowest BCUT2D eigenvalue weighted by molar-refractivity contribution is -0.121. The Labute approximate surface area is 228 Å². The summed E-state index contributed by atoms with van der Waals surface area (Å²) < 4.78 is 5.44. The maximum absolute atomic E-state index is 13.1. The summed E-state index contributed by atoms with van der Waals surface area (Å²) in [6, 6.07) is 12.3. The van der Waals surface area contributed by atoms with Crippen molar-refractivity contribution in [2.45, 2.75) is 33.2 Å². The molecule has 2 saturated heterocycles. The number of carbonyl (C=O) groups excluding carboxylic acids is 1. The molecule has 0 aromatic heterocycles. The second kappa shape index (κ2) is 10.2. The van der Waals surface area contributed by atoms with Crippen molar-refractivity contribution >= 4 is 63.1 Å². The quantitative estimate of drug-likeness (QED) is 0.421. The molecule has 0 saturated carbocycles. The summed E-state index contributed by atoms with van der Waals surface area (Å²) in [5.74, 6) is -0.0777. The number of rotatable bonds is 4. The molecule has 0 unspecified atom stereocenters. The first-order valence-corrected chi connectivity index (χ1v) is 13.9. The molecule has 1 amide bonds. The molecule has 8 heteroatoms. The zero-order chi connectivity index (χ0) is 26.3. The molecule has 2 fully saturated rings. The molecule has 3 aliphatic heterocycles. The molecule has 0 aliphatic carbocycles. The molecular weight excluding hydrogens is 504 g/mol. The number of fused-ring (bicyclic) bond motifs is 1. The van der Waals surface area contributed by atoms with Gasteiger partial charge in [-0.1, -0.05) is 17.7 Å². The maximum Gasteiger partial charge on any atom is 0.266 e. The number of halogens is 1. The molecule has 0 bridgehead atoms. The third-order valence-electron chi connectivity index (χ3n) is 7.15. The molecule has 2 aromatic rings. The van der Waals surface area contributed by atoms with E-state index in [0.29, 0.717) is 15.1 Å². The van der Waals surface area contributed by atoms with Crippen LogP contribution >= 0.6 is 23.4 Å². The van der Waals surface area contributed by atoms with E-state index in [2.05, 4.69) is 61.8 Å². The molecule has 0 N–H and O–H groups in total. The molecule has 194 valence electrons. The molecule has 6 nitrogen and oxygen atoms in total. The van der Waals surface area contributed by atoms with Gasteiger partial charge in [-0.15, -0.1) is 0 Å². The average molecular weight is 537 g/mol. The van der Waals surface area contributed by atoms with Crippen LogP contribution in [0.4, 0.5) is 17.1 Å². The third-order valence-corrected chi connectivity index (χ3v) is 8.54. The van der Waals surface area contributed by atoms with Gasteiger partial charge >= 0.3 is 0 Å². The number of ether oxygens (including phenoxy) is 1.